The van der Waals surface area contributed by atoms with E-state index in [0.717, 1.165) is 16.8 Å². The summed E-state index contributed by atoms with van der Waals surface area (Å²) in [6.07, 6.45) is 1.62. The van der Waals surface area contributed by atoms with Crippen LogP contribution in [-0.2, 0) is 11.4 Å². The number of rotatable bonds is 7. The highest BCUT2D eigenvalue weighted by atomic mass is 35.5. The molecular formula is C23H16ClFN2O4S3. The van der Waals surface area contributed by atoms with Crippen molar-refractivity contribution in [2.24, 2.45) is 0 Å². The molecule has 1 saturated heterocycles. The van der Waals surface area contributed by atoms with E-state index in [1.54, 1.807) is 47.9 Å². The zero-order valence-electron chi connectivity index (χ0n) is 17.5. The fourth-order valence-corrected chi connectivity index (χ4v) is 5.01. The van der Waals surface area contributed by atoms with Crippen LogP contribution in [0.15, 0.2) is 58.8 Å². The Kier molecular flexibility index (Phi) is 7.52. The zero-order chi connectivity index (χ0) is 24.2. The molecule has 1 fully saturated rings. The van der Waals surface area contributed by atoms with Crippen molar-refractivity contribution in [2.75, 3.05) is 7.11 Å². The minimum atomic E-state index is -0.476. The number of hydrogen-bond donors (Lipinski definition) is 1. The third kappa shape index (κ3) is 5.25. The van der Waals surface area contributed by atoms with E-state index in [1.165, 1.54) is 30.6 Å². The van der Waals surface area contributed by atoms with Crippen molar-refractivity contribution in [1.29, 1.82) is 0 Å². The first kappa shape index (κ1) is 24.2. The molecule has 2 heterocycles. The van der Waals surface area contributed by atoms with Gasteiger partial charge in [-0.3, -0.25) is 15.0 Å². The lowest BCUT2D eigenvalue weighted by Crippen LogP contribution is -2.44. The Labute approximate surface area is 213 Å². The number of nitrogens with zero attached hydrogens (tertiary/aromatic N) is 1. The first-order chi connectivity index (χ1) is 16.4. The summed E-state index contributed by atoms with van der Waals surface area (Å²) in [5.41, 5.74) is 3.38. The molecule has 6 nitrogen and oxygen atoms in total. The van der Waals surface area contributed by atoms with Gasteiger partial charge in [0.15, 0.2) is 15.8 Å². The molecule has 0 aliphatic carbocycles. The Morgan fingerprint density at radius 1 is 1.24 bits per heavy atom. The largest absolute Gasteiger partial charge is 0.493 e. The lowest BCUT2D eigenvalue weighted by atomic mass is 10.1. The predicted molar refractivity (Wildman–Crippen MR) is 136 cm³/mol. The van der Waals surface area contributed by atoms with Crippen molar-refractivity contribution in [3.8, 4) is 11.5 Å². The standard InChI is InChI=1S/C23H16ClFN2O4S3/c1-30-17-8-7-13(10-18(17)31-12-14-15(24)4-2-5-16(14)25)11-20-22(29)27(23(32)34-20)26-21(28)19-6-3-9-33-19/h2-11H,12H2,1H3,(H,26,28)/b20-11+. The quantitative estimate of drug-likeness (QED) is 0.311. The topological polar surface area (TPSA) is 67.9 Å². The molecule has 174 valence electrons. The summed E-state index contributed by atoms with van der Waals surface area (Å²) in [7, 11) is 1.49. The van der Waals surface area contributed by atoms with Gasteiger partial charge < -0.3 is 9.47 Å². The van der Waals surface area contributed by atoms with E-state index in [9.17, 15) is 14.0 Å². The first-order valence-corrected chi connectivity index (χ1v) is 12.2. The van der Waals surface area contributed by atoms with Crippen LogP contribution in [0.3, 0.4) is 0 Å². The van der Waals surface area contributed by atoms with E-state index in [2.05, 4.69) is 5.43 Å². The van der Waals surface area contributed by atoms with Crippen LogP contribution in [0.25, 0.3) is 6.08 Å². The SMILES string of the molecule is COc1ccc(/C=C2/SC(=S)N(NC(=O)c3cccs3)C2=O)cc1OCc1c(F)cccc1Cl. The summed E-state index contributed by atoms with van der Waals surface area (Å²) >= 11 is 13.7. The molecule has 1 aliphatic rings. The third-order valence-electron chi connectivity index (χ3n) is 4.67. The lowest BCUT2D eigenvalue weighted by molar-refractivity contribution is -0.123. The summed E-state index contributed by atoms with van der Waals surface area (Å²) in [6.45, 7) is -0.109. The number of ether oxygens (including phenoxy) is 2. The Bertz CT molecular complexity index is 1280. The molecule has 0 unspecified atom stereocenters. The zero-order valence-corrected chi connectivity index (χ0v) is 20.7. The molecule has 0 atom stereocenters. The van der Waals surface area contributed by atoms with Gasteiger partial charge in [0, 0.05) is 5.56 Å². The Morgan fingerprint density at radius 3 is 2.76 bits per heavy atom. The molecule has 0 bridgehead atoms. The van der Waals surface area contributed by atoms with Crippen LogP contribution < -0.4 is 14.9 Å². The lowest BCUT2D eigenvalue weighted by Gasteiger charge is -2.14. The maximum absolute atomic E-state index is 14.1. The summed E-state index contributed by atoms with van der Waals surface area (Å²) in [5.74, 6) is -0.566. The number of carbonyl (C=O) groups is 2. The Balaban J connectivity index is 1.53. The molecule has 1 aliphatic heterocycles. The third-order valence-corrected chi connectivity index (χ3v) is 7.20. The number of halogens is 2. The van der Waals surface area contributed by atoms with E-state index in [4.69, 9.17) is 33.3 Å². The average molecular weight is 535 g/mol. The second kappa shape index (κ2) is 10.6. The van der Waals surface area contributed by atoms with Crippen LogP contribution in [0.5, 0.6) is 11.5 Å². The molecule has 1 N–H and O–H groups in total. The summed E-state index contributed by atoms with van der Waals surface area (Å²) in [6, 6.07) is 12.9. The number of amides is 2. The number of methoxy groups -OCH3 is 1. The molecular weight excluding hydrogens is 519 g/mol. The predicted octanol–water partition coefficient (Wildman–Crippen LogP) is 5.67. The number of hydrogen-bond acceptors (Lipinski definition) is 7. The van der Waals surface area contributed by atoms with Gasteiger partial charge in [-0.15, -0.1) is 11.3 Å². The Morgan fingerprint density at radius 2 is 2.06 bits per heavy atom. The van der Waals surface area contributed by atoms with Gasteiger partial charge in [0.1, 0.15) is 12.4 Å². The fraction of sp³-hybridized carbons (Fsp3) is 0.0870. The molecule has 1 aromatic heterocycles. The number of thiocarbonyl (C=S) groups is 1. The van der Waals surface area contributed by atoms with Gasteiger partial charge >= 0.3 is 0 Å². The summed E-state index contributed by atoms with van der Waals surface area (Å²) in [5, 5.41) is 3.07. The van der Waals surface area contributed by atoms with Crippen molar-refractivity contribution >= 4 is 69.1 Å². The second-order valence-electron chi connectivity index (χ2n) is 6.83. The number of thioether (sulfide) groups is 1. The van der Waals surface area contributed by atoms with E-state index < -0.39 is 17.6 Å². The highest BCUT2D eigenvalue weighted by molar-refractivity contribution is 8.26. The van der Waals surface area contributed by atoms with E-state index in [-0.39, 0.29) is 21.5 Å². The minimum Gasteiger partial charge on any atom is -0.493 e. The van der Waals surface area contributed by atoms with Crippen molar-refractivity contribution in [1.82, 2.24) is 10.4 Å². The van der Waals surface area contributed by atoms with E-state index in [1.807, 2.05) is 0 Å². The number of thiophene rings is 1. The molecule has 3 aromatic rings. The highest BCUT2D eigenvalue weighted by Gasteiger charge is 2.34. The minimum absolute atomic E-state index is 0.109. The summed E-state index contributed by atoms with van der Waals surface area (Å²) < 4.78 is 25.4. The van der Waals surface area contributed by atoms with Crippen LogP contribution >= 0.6 is 46.9 Å². The number of carbonyl (C=O) groups excluding carboxylic acids is 2. The van der Waals surface area contributed by atoms with Crippen LogP contribution in [-0.4, -0.2) is 28.3 Å². The number of benzene rings is 2. The molecule has 2 aromatic carbocycles. The van der Waals surface area contributed by atoms with Gasteiger partial charge in [0.25, 0.3) is 11.8 Å². The number of nitrogens with one attached hydrogen (secondary N) is 1. The van der Waals surface area contributed by atoms with E-state index in [0.29, 0.717) is 26.8 Å². The van der Waals surface area contributed by atoms with Gasteiger partial charge in [0.05, 0.1) is 21.9 Å². The molecule has 0 saturated carbocycles. The first-order valence-electron chi connectivity index (χ1n) is 9.73. The second-order valence-corrected chi connectivity index (χ2v) is 9.87. The molecule has 4 rings (SSSR count). The average Bonchev–Trinajstić information content (AvgIpc) is 3.44. The maximum Gasteiger partial charge on any atom is 0.285 e. The molecule has 11 heteroatoms. The molecule has 34 heavy (non-hydrogen) atoms. The van der Waals surface area contributed by atoms with E-state index >= 15 is 0 Å². The van der Waals surface area contributed by atoms with Crippen molar-refractivity contribution in [2.45, 2.75) is 6.61 Å². The molecule has 0 radical (unpaired) electrons. The molecule has 0 spiro atoms. The van der Waals surface area contributed by atoms with Crippen molar-refractivity contribution < 1.29 is 23.5 Å². The monoisotopic (exact) mass is 534 g/mol. The smallest absolute Gasteiger partial charge is 0.285 e. The van der Waals surface area contributed by atoms with Crippen LogP contribution in [0, 0.1) is 5.82 Å². The van der Waals surface area contributed by atoms with Crippen molar-refractivity contribution in [3.05, 3.63) is 85.7 Å². The maximum atomic E-state index is 14.1. The van der Waals surface area contributed by atoms with Crippen LogP contribution in [0.1, 0.15) is 20.8 Å². The van der Waals surface area contributed by atoms with Gasteiger partial charge in [-0.1, -0.05) is 41.6 Å². The summed E-state index contributed by atoms with van der Waals surface area (Å²) in [4.78, 5) is 26.0. The molecule has 2 amide bonds. The van der Waals surface area contributed by atoms with Gasteiger partial charge in [0.2, 0.25) is 0 Å². The van der Waals surface area contributed by atoms with Crippen LogP contribution in [0.2, 0.25) is 5.02 Å². The Hall–Kier alpha value is -2.92. The van der Waals surface area contributed by atoms with Gasteiger partial charge in [-0.2, -0.15) is 5.01 Å². The normalized spacial score (nSPS) is 14.6. The van der Waals surface area contributed by atoms with Crippen molar-refractivity contribution in [3.63, 3.8) is 0 Å². The number of hydrazine groups is 1. The van der Waals surface area contributed by atoms with Gasteiger partial charge in [-0.25, -0.2) is 4.39 Å². The van der Waals surface area contributed by atoms with Crippen LogP contribution in [0.4, 0.5) is 4.39 Å². The highest BCUT2D eigenvalue weighted by Crippen LogP contribution is 2.35. The fourth-order valence-electron chi connectivity index (χ4n) is 3.00. The van der Waals surface area contributed by atoms with Gasteiger partial charge in [-0.05, 0) is 59.6 Å².